The van der Waals surface area contributed by atoms with Crippen molar-refractivity contribution < 1.29 is 17.9 Å². The normalized spacial score (nSPS) is 11.3. The number of nitrogens with two attached hydrogens (primary N) is 1. The van der Waals surface area contributed by atoms with Gasteiger partial charge in [-0.2, -0.15) is 0 Å². The number of ether oxygens (including phenoxy) is 1. The molecule has 0 saturated carbocycles. The van der Waals surface area contributed by atoms with E-state index in [-0.39, 0.29) is 17.1 Å². The molecule has 2 rings (SSSR count). The zero-order chi connectivity index (χ0) is 17.2. The van der Waals surface area contributed by atoms with E-state index in [0.29, 0.717) is 20.1 Å². The van der Waals surface area contributed by atoms with E-state index in [2.05, 4.69) is 15.9 Å². The quantitative estimate of drug-likeness (QED) is 0.736. The molecule has 9 heteroatoms. The van der Waals surface area contributed by atoms with Gasteiger partial charge in [-0.3, -0.25) is 0 Å². The summed E-state index contributed by atoms with van der Waals surface area (Å²) in [5.41, 5.74) is 0.616. The lowest BCUT2D eigenvalue weighted by atomic mass is 10.2. The molecule has 0 amide bonds. The zero-order valence-electron chi connectivity index (χ0n) is 11.4. The van der Waals surface area contributed by atoms with Crippen LogP contribution in [0.3, 0.4) is 0 Å². The Balaban J connectivity index is 2.21. The molecule has 0 bridgehead atoms. The Labute approximate surface area is 151 Å². The van der Waals surface area contributed by atoms with Crippen LogP contribution in [0.15, 0.2) is 45.8 Å². The predicted molar refractivity (Wildman–Crippen MR) is 91.1 cm³/mol. The number of carbonyl (C=O) groups excluding carboxylic acids is 1. The predicted octanol–water partition coefficient (Wildman–Crippen LogP) is 3.76. The monoisotopic (exact) mass is 437 g/mol. The van der Waals surface area contributed by atoms with Crippen molar-refractivity contribution in [2.75, 3.05) is 0 Å². The summed E-state index contributed by atoms with van der Waals surface area (Å²) < 4.78 is 28.2. The molecule has 0 unspecified atom stereocenters. The molecular formula is C14H10BrCl2NO4S. The molecule has 0 aliphatic rings. The molecule has 0 spiro atoms. The first kappa shape index (κ1) is 18.2. The van der Waals surface area contributed by atoms with Crippen LogP contribution in [-0.4, -0.2) is 14.4 Å². The Morgan fingerprint density at radius 2 is 1.87 bits per heavy atom. The van der Waals surface area contributed by atoms with Gasteiger partial charge in [0.1, 0.15) is 6.61 Å². The second kappa shape index (κ2) is 7.19. The number of primary sulfonamides is 1. The van der Waals surface area contributed by atoms with Crippen LogP contribution < -0.4 is 5.14 Å². The molecule has 0 fully saturated rings. The lowest BCUT2D eigenvalue weighted by molar-refractivity contribution is 0.0471. The summed E-state index contributed by atoms with van der Waals surface area (Å²) in [4.78, 5) is 12.0. The van der Waals surface area contributed by atoms with Crippen LogP contribution in [0, 0.1) is 0 Å². The summed E-state index contributed by atoms with van der Waals surface area (Å²) in [6, 6.07) is 8.62. The van der Waals surface area contributed by atoms with E-state index in [0.717, 1.165) is 6.07 Å². The van der Waals surface area contributed by atoms with Crippen molar-refractivity contribution in [1.82, 2.24) is 0 Å². The van der Waals surface area contributed by atoms with Crippen molar-refractivity contribution in [1.29, 1.82) is 0 Å². The molecule has 23 heavy (non-hydrogen) atoms. The van der Waals surface area contributed by atoms with Crippen molar-refractivity contribution in [3.8, 4) is 0 Å². The van der Waals surface area contributed by atoms with E-state index in [4.69, 9.17) is 33.1 Å². The third-order valence-corrected chi connectivity index (χ3v) is 5.05. The van der Waals surface area contributed by atoms with Gasteiger partial charge in [0.25, 0.3) is 0 Å². The lowest BCUT2D eigenvalue weighted by Gasteiger charge is -2.09. The van der Waals surface area contributed by atoms with Gasteiger partial charge >= 0.3 is 5.97 Å². The fraction of sp³-hybridized carbons (Fsp3) is 0.0714. The molecule has 122 valence electrons. The highest BCUT2D eigenvalue weighted by atomic mass is 79.9. The van der Waals surface area contributed by atoms with Crippen LogP contribution in [-0.2, 0) is 21.4 Å². The number of sulfonamides is 1. The smallest absolute Gasteiger partial charge is 0.339 e. The summed E-state index contributed by atoms with van der Waals surface area (Å²) in [6.45, 7) is -0.0825. The summed E-state index contributed by atoms with van der Waals surface area (Å²) in [7, 11) is -3.92. The minimum absolute atomic E-state index is 0.0432. The van der Waals surface area contributed by atoms with Gasteiger partial charge < -0.3 is 4.74 Å². The topological polar surface area (TPSA) is 86.5 Å². The van der Waals surface area contributed by atoms with Crippen molar-refractivity contribution >= 4 is 55.1 Å². The minimum Gasteiger partial charge on any atom is -0.457 e. The highest BCUT2D eigenvalue weighted by molar-refractivity contribution is 9.10. The first-order chi connectivity index (χ1) is 10.7. The highest BCUT2D eigenvalue weighted by Crippen LogP contribution is 2.24. The van der Waals surface area contributed by atoms with Crippen molar-refractivity contribution in [3.05, 3.63) is 62.0 Å². The third-order valence-electron chi connectivity index (χ3n) is 2.86. The van der Waals surface area contributed by atoms with Gasteiger partial charge in [0, 0.05) is 20.1 Å². The van der Waals surface area contributed by atoms with E-state index < -0.39 is 16.0 Å². The maximum absolute atomic E-state index is 12.1. The van der Waals surface area contributed by atoms with Gasteiger partial charge in [0.05, 0.1) is 10.5 Å². The Bertz CT molecular complexity index is 871. The molecule has 0 aliphatic carbocycles. The fourth-order valence-corrected chi connectivity index (χ4v) is 3.11. The first-order valence-corrected chi connectivity index (χ1v) is 9.21. The second-order valence-corrected chi connectivity index (χ2v) is 7.76. The molecule has 0 aromatic heterocycles. The minimum atomic E-state index is -3.92. The van der Waals surface area contributed by atoms with Crippen molar-refractivity contribution in [2.24, 2.45) is 5.14 Å². The SMILES string of the molecule is NS(=O)(=O)c1ccc(Br)c(C(=O)OCc2ccc(Cl)cc2Cl)c1. The average Bonchev–Trinajstić information content (AvgIpc) is 2.45. The standard InChI is InChI=1S/C14H10BrCl2NO4S/c15-12-4-3-10(23(18,20)21)6-11(12)14(19)22-7-8-1-2-9(16)5-13(8)17/h1-6H,7H2,(H2,18,20,21). The Morgan fingerprint density at radius 1 is 1.17 bits per heavy atom. The number of benzene rings is 2. The lowest BCUT2D eigenvalue weighted by Crippen LogP contribution is -2.14. The van der Waals surface area contributed by atoms with Gasteiger partial charge in [0.15, 0.2) is 0 Å². The molecule has 2 aromatic carbocycles. The van der Waals surface area contributed by atoms with Crippen LogP contribution in [0.25, 0.3) is 0 Å². The maximum Gasteiger partial charge on any atom is 0.339 e. The van der Waals surface area contributed by atoms with E-state index in [1.54, 1.807) is 12.1 Å². The molecule has 0 atom stereocenters. The number of hydrogen-bond acceptors (Lipinski definition) is 4. The summed E-state index contributed by atoms with van der Waals surface area (Å²) in [5, 5.41) is 5.88. The molecule has 0 saturated heterocycles. The third kappa shape index (κ3) is 4.68. The molecule has 0 radical (unpaired) electrons. The number of carbonyl (C=O) groups is 1. The van der Waals surface area contributed by atoms with Gasteiger partial charge in [-0.25, -0.2) is 18.4 Å². The summed E-state index contributed by atoms with van der Waals surface area (Å²) >= 11 is 15.0. The molecule has 0 heterocycles. The van der Waals surface area contributed by atoms with Gasteiger partial charge in [-0.15, -0.1) is 0 Å². The Kier molecular flexibility index (Phi) is 5.70. The number of esters is 1. The van der Waals surface area contributed by atoms with E-state index in [1.807, 2.05) is 0 Å². The van der Waals surface area contributed by atoms with Gasteiger partial charge in [-0.1, -0.05) is 29.3 Å². The average molecular weight is 439 g/mol. The van der Waals surface area contributed by atoms with Crippen LogP contribution in [0.1, 0.15) is 15.9 Å². The number of halogens is 3. The van der Waals surface area contributed by atoms with Crippen LogP contribution in [0.2, 0.25) is 10.0 Å². The van der Waals surface area contributed by atoms with Crippen LogP contribution in [0.5, 0.6) is 0 Å². The second-order valence-electron chi connectivity index (χ2n) is 4.50. The number of rotatable bonds is 4. The van der Waals surface area contributed by atoms with Gasteiger partial charge in [-0.05, 0) is 46.3 Å². The van der Waals surface area contributed by atoms with E-state index in [1.165, 1.54) is 18.2 Å². The Morgan fingerprint density at radius 3 is 2.48 bits per heavy atom. The van der Waals surface area contributed by atoms with E-state index in [9.17, 15) is 13.2 Å². The molecule has 0 aliphatic heterocycles. The fourth-order valence-electron chi connectivity index (χ4n) is 1.70. The van der Waals surface area contributed by atoms with E-state index >= 15 is 0 Å². The van der Waals surface area contributed by atoms with Crippen molar-refractivity contribution in [3.63, 3.8) is 0 Å². The van der Waals surface area contributed by atoms with Crippen molar-refractivity contribution in [2.45, 2.75) is 11.5 Å². The number of hydrogen-bond donors (Lipinski definition) is 1. The first-order valence-electron chi connectivity index (χ1n) is 6.12. The van der Waals surface area contributed by atoms with Crippen LogP contribution in [0.4, 0.5) is 0 Å². The molecule has 2 aromatic rings. The summed E-state index contributed by atoms with van der Waals surface area (Å²) in [5.74, 6) is -0.714. The maximum atomic E-state index is 12.1. The molecule has 2 N–H and O–H groups in total. The molecular weight excluding hydrogens is 429 g/mol. The van der Waals surface area contributed by atoms with Gasteiger partial charge in [0.2, 0.25) is 10.0 Å². The Hall–Kier alpha value is -1.12. The highest BCUT2D eigenvalue weighted by Gasteiger charge is 2.17. The van der Waals surface area contributed by atoms with Crippen LogP contribution >= 0.6 is 39.1 Å². The molecule has 5 nitrogen and oxygen atoms in total. The summed E-state index contributed by atoms with van der Waals surface area (Å²) in [6.07, 6.45) is 0. The largest absolute Gasteiger partial charge is 0.457 e. The zero-order valence-corrected chi connectivity index (χ0v) is 15.3.